The smallest absolute Gasteiger partial charge is 0.322 e. The van der Waals surface area contributed by atoms with Crippen LogP contribution in [0.4, 0.5) is 14.9 Å². The Morgan fingerprint density at radius 3 is 2.81 bits per heavy atom. The molecule has 138 valence electrons. The van der Waals surface area contributed by atoms with Gasteiger partial charge in [-0.05, 0) is 43.0 Å². The lowest BCUT2D eigenvalue weighted by molar-refractivity contribution is 0.206. The van der Waals surface area contributed by atoms with E-state index in [1.54, 1.807) is 12.1 Å². The van der Waals surface area contributed by atoms with Crippen molar-refractivity contribution >= 4 is 22.6 Å². The van der Waals surface area contributed by atoms with Gasteiger partial charge in [0, 0.05) is 53.9 Å². The maximum atomic E-state index is 13.4. The number of hydrogen-bond donors (Lipinski definition) is 1. The van der Waals surface area contributed by atoms with Gasteiger partial charge >= 0.3 is 6.03 Å². The number of amides is 2. The van der Waals surface area contributed by atoms with E-state index in [0.29, 0.717) is 18.8 Å². The highest BCUT2D eigenvalue weighted by molar-refractivity contribution is 5.91. The molecule has 2 aliphatic rings. The molecule has 0 atom stereocenters. The molecule has 0 unspecified atom stereocenters. The fourth-order valence-corrected chi connectivity index (χ4v) is 4.11. The Morgan fingerprint density at radius 1 is 1.15 bits per heavy atom. The molecule has 0 saturated heterocycles. The number of benzene rings is 2. The number of hydrogen-bond acceptors (Lipinski definition) is 1. The van der Waals surface area contributed by atoms with Crippen molar-refractivity contribution in [3.8, 4) is 0 Å². The van der Waals surface area contributed by atoms with E-state index in [2.05, 4.69) is 34.1 Å². The SMILES string of the molecule is O=C(Nc1cccc(F)c1)N1CCc2c(c3ccccc3n2CC2CC2)C1. The van der Waals surface area contributed by atoms with Crippen LogP contribution in [0, 0.1) is 11.7 Å². The van der Waals surface area contributed by atoms with Crippen LogP contribution in [-0.2, 0) is 19.5 Å². The molecule has 0 spiro atoms. The molecule has 2 heterocycles. The number of fused-ring (bicyclic) bond motifs is 3. The summed E-state index contributed by atoms with van der Waals surface area (Å²) in [6, 6.07) is 14.3. The van der Waals surface area contributed by atoms with Crippen molar-refractivity contribution in [3.05, 3.63) is 65.6 Å². The second-order valence-corrected chi connectivity index (χ2v) is 7.61. The Balaban J connectivity index is 1.43. The Hall–Kier alpha value is -2.82. The topological polar surface area (TPSA) is 37.3 Å². The number of halogens is 1. The molecule has 0 bridgehead atoms. The minimum atomic E-state index is -0.350. The number of rotatable bonds is 3. The van der Waals surface area contributed by atoms with Crippen molar-refractivity contribution in [3.63, 3.8) is 0 Å². The van der Waals surface area contributed by atoms with Crippen LogP contribution in [0.5, 0.6) is 0 Å². The molecule has 0 radical (unpaired) electrons. The summed E-state index contributed by atoms with van der Waals surface area (Å²) >= 11 is 0. The number of carbonyl (C=O) groups excluding carboxylic acids is 1. The van der Waals surface area contributed by atoms with E-state index in [9.17, 15) is 9.18 Å². The van der Waals surface area contributed by atoms with Crippen LogP contribution in [0.25, 0.3) is 10.9 Å². The first-order chi connectivity index (χ1) is 13.2. The van der Waals surface area contributed by atoms with Gasteiger partial charge in [0.1, 0.15) is 5.82 Å². The number of nitrogens with zero attached hydrogens (tertiary/aromatic N) is 2. The van der Waals surface area contributed by atoms with Crippen molar-refractivity contribution in [2.45, 2.75) is 32.4 Å². The van der Waals surface area contributed by atoms with Gasteiger partial charge in [-0.3, -0.25) is 0 Å². The predicted octanol–water partition coefficient (Wildman–Crippen LogP) is 4.78. The minimum Gasteiger partial charge on any atom is -0.344 e. The third kappa shape index (κ3) is 3.07. The van der Waals surface area contributed by atoms with Crippen molar-refractivity contribution in [2.75, 3.05) is 11.9 Å². The van der Waals surface area contributed by atoms with Crippen LogP contribution in [0.3, 0.4) is 0 Å². The number of nitrogens with one attached hydrogen (secondary N) is 1. The Bertz CT molecular complexity index is 1020. The maximum Gasteiger partial charge on any atom is 0.322 e. The summed E-state index contributed by atoms with van der Waals surface area (Å²) < 4.78 is 15.9. The van der Waals surface area contributed by atoms with E-state index in [-0.39, 0.29) is 11.8 Å². The van der Waals surface area contributed by atoms with Gasteiger partial charge in [-0.15, -0.1) is 0 Å². The van der Waals surface area contributed by atoms with Gasteiger partial charge in [0.25, 0.3) is 0 Å². The van der Waals surface area contributed by atoms with Gasteiger partial charge in [-0.25, -0.2) is 9.18 Å². The second-order valence-electron chi connectivity index (χ2n) is 7.61. The second kappa shape index (κ2) is 6.41. The molecular weight excluding hydrogens is 341 g/mol. The van der Waals surface area contributed by atoms with E-state index < -0.39 is 0 Å². The zero-order valence-corrected chi connectivity index (χ0v) is 15.1. The van der Waals surface area contributed by atoms with Gasteiger partial charge < -0.3 is 14.8 Å². The first-order valence-corrected chi connectivity index (χ1v) is 9.59. The van der Waals surface area contributed by atoms with Gasteiger partial charge in [0.15, 0.2) is 0 Å². The summed E-state index contributed by atoms with van der Waals surface area (Å²) in [5.41, 5.74) is 4.40. The van der Waals surface area contributed by atoms with E-state index in [1.807, 2.05) is 4.90 Å². The normalized spacial score (nSPS) is 16.4. The average Bonchev–Trinajstić information content (AvgIpc) is 3.45. The van der Waals surface area contributed by atoms with E-state index >= 15 is 0 Å². The fraction of sp³-hybridized carbons (Fsp3) is 0.318. The van der Waals surface area contributed by atoms with Gasteiger partial charge in [-0.1, -0.05) is 24.3 Å². The first-order valence-electron chi connectivity index (χ1n) is 9.59. The largest absolute Gasteiger partial charge is 0.344 e. The van der Waals surface area contributed by atoms with Crippen molar-refractivity contribution in [1.29, 1.82) is 0 Å². The van der Waals surface area contributed by atoms with Gasteiger partial charge in [0.2, 0.25) is 0 Å². The van der Waals surface area contributed by atoms with Crippen LogP contribution in [0.1, 0.15) is 24.1 Å². The van der Waals surface area contributed by atoms with E-state index in [4.69, 9.17) is 0 Å². The molecule has 2 aromatic carbocycles. The third-order valence-electron chi connectivity index (χ3n) is 5.66. The van der Waals surface area contributed by atoms with E-state index in [0.717, 1.165) is 18.9 Å². The Morgan fingerprint density at radius 2 is 2.00 bits per heavy atom. The summed E-state index contributed by atoms with van der Waals surface area (Å²) in [7, 11) is 0. The Kier molecular flexibility index (Phi) is 3.88. The first kappa shape index (κ1) is 16.4. The number of urea groups is 1. The molecule has 27 heavy (non-hydrogen) atoms. The molecule has 1 fully saturated rings. The highest BCUT2D eigenvalue weighted by Crippen LogP contribution is 2.36. The van der Waals surface area contributed by atoms with Crippen LogP contribution in [-0.4, -0.2) is 22.0 Å². The monoisotopic (exact) mass is 363 g/mol. The molecule has 2 amide bonds. The van der Waals surface area contributed by atoms with Gasteiger partial charge in [-0.2, -0.15) is 0 Å². The number of para-hydroxylation sites is 1. The molecule has 1 aliphatic heterocycles. The zero-order valence-electron chi connectivity index (χ0n) is 15.1. The summed E-state index contributed by atoms with van der Waals surface area (Å²) in [5, 5.41) is 4.07. The van der Waals surface area contributed by atoms with Gasteiger partial charge in [0.05, 0.1) is 0 Å². The number of anilines is 1. The van der Waals surface area contributed by atoms with Crippen LogP contribution in [0.2, 0.25) is 0 Å². The third-order valence-corrected chi connectivity index (χ3v) is 5.66. The molecule has 3 aromatic rings. The molecule has 5 rings (SSSR count). The number of carbonyl (C=O) groups is 1. The summed E-state index contributed by atoms with van der Waals surface area (Å²) in [5.74, 6) is 0.455. The molecule has 4 nitrogen and oxygen atoms in total. The Labute approximate surface area is 157 Å². The maximum absolute atomic E-state index is 13.4. The summed E-state index contributed by atoms with van der Waals surface area (Å²) in [6.45, 7) is 2.36. The van der Waals surface area contributed by atoms with Crippen LogP contribution < -0.4 is 5.32 Å². The van der Waals surface area contributed by atoms with Crippen LogP contribution >= 0.6 is 0 Å². The molecular formula is C22H22FN3O. The van der Waals surface area contributed by atoms with Crippen molar-refractivity contribution in [2.24, 2.45) is 5.92 Å². The average molecular weight is 363 g/mol. The lowest BCUT2D eigenvalue weighted by atomic mass is 10.0. The van der Waals surface area contributed by atoms with Crippen LogP contribution in [0.15, 0.2) is 48.5 Å². The molecule has 1 saturated carbocycles. The molecule has 1 aliphatic carbocycles. The zero-order chi connectivity index (χ0) is 18.4. The van der Waals surface area contributed by atoms with Crippen molar-refractivity contribution in [1.82, 2.24) is 9.47 Å². The lowest BCUT2D eigenvalue weighted by Gasteiger charge is -2.28. The minimum absolute atomic E-state index is 0.176. The van der Waals surface area contributed by atoms with Crippen molar-refractivity contribution < 1.29 is 9.18 Å². The lowest BCUT2D eigenvalue weighted by Crippen LogP contribution is -2.39. The standard InChI is InChI=1S/C22H22FN3O/c23-16-4-3-5-17(12-16)24-22(27)25-11-10-21-19(14-25)18-6-1-2-7-20(18)26(21)13-15-8-9-15/h1-7,12,15H,8-11,13-14H2,(H,24,27). The summed E-state index contributed by atoms with van der Waals surface area (Å²) in [4.78, 5) is 14.5. The summed E-state index contributed by atoms with van der Waals surface area (Å²) in [6.07, 6.45) is 3.50. The highest BCUT2D eigenvalue weighted by Gasteiger charge is 2.29. The quantitative estimate of drug-likeness (QED) is 0.714. The molecule has 1 aromatic heterocycles. The van der Waals surface area contributed by atoms with E-state index in [1.165, 1.54) is 47.1 Å². The highest BCUT2D eigenvalue weighted by atomic mass is 19.1. The predicted molar refractivity (Wildman–Crippen MR) is 104 cm³/mol. The fourth-order valence-electron chi connectivity index (χ4n) is 4.11. The molecule has 1 N–H and O–H groups in total. The molecule has 5 heteroatoms. The number of aromatic nitrogens is 1.